The third-order valence-corrected chi connectivity index (χ3v) is 3.10. The first kappa shape index (κ1) is 22.5. The molecule has 0 heterocycles. The molecule has 0 aromatic heterocycles. The molecule has 24 heavy (non-hydrogen) atoms. The zero-order valence-corrected chi connectivity index (χ0v) is 17.3. The predicted molar refractivity (Wildman–Crippen MR) is 107 cm³/mol. The van der Waals surface area contributed by atoms with Crippen LogP contribution >= 0.6 is 24.0 Å². The third kappa shape index (κ3) is 8.37. The van der Waals surface area contributed by atoms with Crippen molar-refractivity contribution in [3.8, 4) is 5.75 Å². The second-order valence-corrected chi connectivity index (χ2v) is 5.46. The van der Waals surface area contributed by atoms with Crippen LogP contribution in [0.4, 0.5) is 0 Å². The van der Waals surface area contributed by atoms with E-state index < -0.39 is 0 Å². The Labute approximate surface area is 161 Å². The Bertz CT molecular complexity index is 548. The van der Waals surface area contributed by atoms with Gasteiger partial charge in [0.2, 0.25) is 0 Å². The maximum atomic E-state index is 11.5. The minimum Gasteiger partial charge on any atom is -0.496 e. The van der Waals surface area contributed by atoms with Crippen molar-refractivity contribution in [2.45, 2.75) is 39.8 Å². The maximum absolute atomic E-state index is 11.5. The summed E-state index contributed by atoms with van der Waals surface area (Å²) in [5.41, 5.74) is 2.19. The molecule has 1 aromatic rings. The molecule has 0 aliphatic carbocycles. The van der Waals surface area contributed by atoms with Crippen LogP contribution in [0.3, 0.4) is 0 Å². The molecular formula is C17H28IN3O3. The summed E-state index contributed by atoms with van der Waals surface area (Å²) in [6.45, 7) is 6.74. The van der Waals surface area contributed by atoms with E-state index in [-0.39, 0.29) is 36.0 Å². The number of hydrogen-bond acceptors (Lipinski definition) is 4. The number of aryl methyl sites for hydroxylation is 1. The summed E-state index contributed by atoms with van der Waals surface area (Å²) in [6, 6.07) is 6.06. The van der Waals surface area contributed by atoms with Gasteiger partial charge in [0.1, 0.15) is 5.75 Å². The summed E-state index contributed by atoms with van der Waals surface area (Å²) in [7, 11) is 3.35. The van der Waals surface area contributed by atoms with Gasteiger partial charge in [0.25, 0.3) is 0 Å². The highest BCUT2D eigenvalue weighted by Crippen LogP contribution is 2.19. The predicted octanol–water partition coefficient (Wildman–Crippen LogP) is 2.63. The van der Waals surface area contributed by atoms with Crippen LogP contribution in [0.25, 0.3) is 0 Å². The minimum absolute atomic E-state index is 0. The molecule has 1 rings (SSSR count). The van der Waals surface area contributed by atoms with Crippen LogP contribution in [0.15, 0.2) is 23.2 Å². The highest BCUT2D eigenvalue weighted by molar-refractivity contribution is 14.0. The molecule has 6 nitrogen and oxygen atoms in total. The third-order valence-electron chi connectivity index (χ3n) is 3.10. The van der Waals surface area contributed by atoms with Crippen molar-refractivity contribution < 1.29 is 14.3 Å². The first-order valence-electron chi connectivity index (χ1n) is 7.73. The van der Waals surface area contributed by atoms with Gasteiger partial charge in [-0.05, 0) is 32.4 Å². The monoisotopic (exact) mass is 449 g/mol. The van der Waals surface area contributed by atoms with Crippen LogP contribution in [-0.2, 0) is 16.1 Å². The van der Waals surface area contributed by atoms with Gasteiger partial charge in [-0.15, -0.1) is 24.0 Å². The lowest BCUT2D eigenvalue weighted by Crippen LogP contribution is -2.38. The van der Waals surface area contributed by atoms with Gasteiger partial charge in [0, 0.05) is 25.7 Å². The fourth-order valence-electron chi connectivity index (χ4n) is 2.00. The van der Waals surface area contributed by atoms with Gasteiger partial charge >= 0.3 is 5.97 Å². The van der Waals surface area contributed by atoms with Gasteiger partial charge in [-0.25, -0.2) is 0 Å². The largest absolute Gasteiger partial charge is 0.496 e. The Morgan fingerprint density at radius 1 is 1.29 bits per heavy atom. The van der Waals surface area contributed by atoms with Gasteiger partial charge in [0.15, 0.2) is 5.96 Å². The molecule has 0 saturated heterocycles. The first-order chi connectivity index (χ1) is 11.0. The molecule has 0 radical (unpaired) electrons. The molecule has 0 atom stereocenters. The summed E-state index contributed by atoms with van der Waals surface area (Å²) in [4.78, 5) is 15.6. The second-order valence-electron chi connectivity index (χ2n) is 5.46. The van der Waals surface area contributed by atoms with E-state index in [4.69, 9.17) is 9.47 Å². The van der Waals surface area contributed by atoms with Crippen LogP contribution in [0.1, 0.15) is 31.4 Å². The summed E-state index contributed by atoms with van der Waals surface area (Å²) in [6.07, 6.45) is 0.209. The normalized spacial score (nSPS) is 10.8. The number of carbonyl (C=O) groups is 1. The number of benzene rings is 1. The van der Waals surface area contributed by atoms with Crippen molar-refractivity contribution in [1.82, 2.24) is 10.6 Å². The van der Waals surface area contributed by atoms with E-state index in [2.05, 4.69) is 15.6 Å². The summed E-state index contributed by atoms with van der Waals surface area (Å²) in [5.74, 6) is 1.25. The van der Waals surface area contributed by atoms with Crippen molar-refractivity contribution in [3.05, 3.63) is 29.3 Å². The number of rotatable bonds is 7. The van der Waals surface area contributed by atoms with Crippen molar-refractivity contribution in [3.63, 3.8) is 0 Å². The number of aliphatic imine (C=N–C) groups is 1. The number of nitrogens with zero attached hydrogens (tertiary/aromatic N) is 1. The summed E-state index contributed by atoms with van der Waals surface area (Å²) in [5, 5.41) is 6.29. The van der Waals surface area contributed by atoms with Crippen molar-refractivity contribution in [1.29, 1.82) is 0 Å². The van der Waals surface area contributed by atoms with Crippen LogP contribution in [0, 0.1) is 6.92 Å². The fourth-order valence-corrected chi connectivity index (χ4v) is 2.00. The van der Waals surface area contributed by atoms with Gasteiger partial charge in [-0.1, -0.05) is 12.1 Å². The molecule has 1 aromatic carbocycles. The van der Waals surface area contributed by atoms with E-state index in [0.717, 1.165) is 16.9 Å². The van der Waals surface area contributed by atoms with Crippen molar-refractivity contribution in [2.75, 3.05) is 20.7 Å². The Kier molecular flexibility index (Phi) is 11.2. The number of halogens is 1. The van der Waals surface area contributed by atoms with E-state index in [9.17, 15) is 4.79 Å². The van der Waals surface area contributed by atoms with E-state index >= 15 is 0 Å². The molecule has 0 aliphatic heterocycles. The second kappa shape index (κ2) is 11.9. The Balaban J connectivity index is 0.00000529. The first-order valence-corrected chi connectivity index (χ1v) is 7.73. The van der Waals surface area contributed by atoms with Gasteiger partial charge in [0.05, 0.1) is 19.6 Å². The smallest absolute Gasteiger partial charge is 0.307 e. The van der Waals surface area contributed by atoms with E-state index in [1.54, 1.807) is 14.2 Å². The van der Waals surface area contributed by atoms with E-state index in [1.807, 2.05) is 39.0 Å². The van der Waals surface area contributed by atoms with Crippen molar-refractivity contribution in [2.24, 2.45) is 4.99 Å². The molecule has 0 amide bonds. The number of ether oxygens (including phenoxy) is 2. The quantitative estimate of drug-likeness (QED) is 0.290. The molecule has 7 heteroatoms. The molecule has 0 fully saturated rings. The zero-order valence-electron chi connectivity index (χ0n) is 15.0. The topological polar surface area (TPSA) is 72.0 Å². The molecule has 0 saturated carbocycles. The average molecular weight is 449 g/mol. The SMILES string of the molecule is CN=C(NCCC(=O)OC(C)C)NCc1ccc(C)cc1OC.I. The number of guanidine groups is 1. The number of esters is 1. The minimum atomic E-state index is -0.219. The molecular weight excluding hydrogens is 421 g/mol. The molecule has 2 N–H and O–H groups in total. The van der Waals surface area contributed by atoms with Crippen LogP contribution in [-0.4, -0.2) is 38.7 Å². The molecule has 0 spiro atoms. The molecule has 0 unspecified atom stereocenters. The molecule has 136 valence electrons. The lowest BCUT2D eigenvalue weighted by Gasteiger charge is -2.14. The number of nitrogens with one attached hydrogen (secondary N) is 2. The van der Waals surface area contributed by atoms with Gasteiger partial charge in [-0.2, -0.15) is 0 Å². The van der Waals surface area contributed by atoms with Gasteiger partial charge in [-0.3, -0.25) is 9.79 Å². The molecule has 0 bridgehead atoms. The number of carbonyl (C=O) groups excluding carboxylic acids is 1. The fraction of sp³-hybridized carbons (Fsp3) is 0.529. The standard InChI is InChI=1S/C17H27N3O3.HI/c1-12(2)23-16(21)8-9-19-17(18-4)20-11-14-7-6-13(3)10-15(14)22-5;/h6-7,10,12H,8-9,11H2,1-5H3,(H2,18,19,20);1H. The van der Waals surface area contributed by atoms with E-state index in [0.29, 0.717) is 25.5 Å². The summed E-state index contributed by atoms with van der Waals surface area (Å²) >= 11 is 0. The highest BCUT2D eigenvalue weighted by atomic mass is 127. The average Bonchev–Trinajstić information content (AvgIpc) is 2.50. The highest BCUT2D eigenvalue weighted by Gasteiger charge is 2.07. The van der Waals surface area contributed by atoms with Gasteiger partial charge < -0.3 is 20.1 Å². The van der Waals surface area contributed by atoms with Crippen LogP contribution < -0.4 is 15.4 Å². The Hall–Kier alpha value is -1.51. The van der Waals surface area contributed by atoms with Crippen molar-refractivity contribution >= 4 is 35.9 Å². The van der Waals surface area contributed by atoms with Crippen LogP contribution in [0.5, 0.6) is 5.75 Å². The lowest BCUT2D eigenvalue weighted by molar-refractivity contribution is -0.147. The molecule has 0 aliphatic rings. The lowest BCUT2D eigenvalue weighted by atomic mass is 10.1. The maximum Gasteiger partial charge on any atom is 0.307 e. The Morgan fingerprint density at radius 2 is 2.00 bits per heavy atom. The number of methoxy groups -OCH3 is 1. The van der Waals surface area contributed by atoms with E-state index in [1.165, 1.54) is 0 Å². The van der Waals surface area contributed by atoms with Crippen LogP contribution in [0.2, 0.25) is 0 Å². The number of hydrogen-bond donors (Lipinski definition) is 2. The Morgan fingerprint density at radius 3 is 2.58 bits per heavy atom. The zero-order chi connectivity index (χ0) is 17.2. The summed E-state index contributed by atoms with van der Waals surface area (Å²) < 4.78 is 10.5.